The lowest BCUT2D eigenvalue weighted by atomic mass is 9.82. The fourth-order valence-corrected chi connectivity index (χ4v) is 3.86. The van der Waals surface area contributed by atoms with E-state index < -0.39 is 11.6 Å². The third-order valence-corrected chi connectivity index (χ3v) is 5.37. The topological polar surface area (TPSA) is 60.9 Å². The van der Waals surface area contributed by atoms with Gasteiger partial charge in [0, 0.05) is 19.3 Å². The lowest BCUT2D eigenvalue weighted by molar-refractivity contribution is -0.142. The van der Waals surface area contributed by atoms with Crippen LogP contribution in [0.15, 0.2) is 30.3 Å². The summed E-state index contributed by atoms with van der Waals surface area (Å²) in [5, 5.41) is 10.6. The van der Waals surface area contributed by atoms with Crippen molar-refractivity contribution in [1.82, 2.24) is 4.90 Å². The molecule has 1 heterocycles. The van der Waals surface area contributed by atoms with E-state index in [1.54, 1.807) is 11.9 Å². The molecule has 1 saturated carbocycles. The normalized spacial score (nSPS) is 23.3. The fourth-order valence-electron chi connectivity index (χ4n) is 3.86. The Balaban J connectivity index is 1.64. The van der Waals surface area contributed by atoms with Crippen molar-refractivity contribution in [3.63, 3.8) is 0 Å². The molecular weight excluding hydrogens is 304 g/mol. The smallest absolute Gasteiger partial charge is 0.249 e. The van der Waals surface area contributed by atoms with Crippen LogP contribution in [0.4, 0.5) is 5.69 Å². The van der Waals surface area contributed by atoms with Gasteiger partial charge < -0.3 is 14.9 Å². The zero-order chi connectivity index (χ0) is 17.2. The third kappa shape index (κ3) is 3.46. The van der Waals surface area contributed by atoms with Gasteiger partial charge in [-0.05, 0) is 31.4 Å². The molecule has 5 heteroatoms. The molecule has 1 unspecified atom stereocenters. The Morgan fingerprint density at radius 2 is 1.92 bits per heavy atom. The Hall–Kier alpha value is -1.88. The standard InChI is InChI=1S/C19H26N2O3/c1-20(17(22)14-19(24)11-6-3-7-12-19)16-10-13-21(18(16)23)15-8-4-2-5-9-15/h2,4-5,8-9,16,24H,3,6-7,10-14H2,1H3. The van der Waals surface area contributed by atoms with Crippen molar-refractivity contribution in [1.29, 1.82) is 0 Å². The summed E-state index contributed by atoms with van der Waals surface area (Å²) >= 11 is 0. The lowest BCUT2D eigenvalue weighted by Gasteiger charge is -2.34. The number of hydrogen-bond acceptors (Lipinski definition) is 3. The van der Waals surface area contributed by atoms with Gasteiger partial charge in [-0.1, -0.05) is 37.5 Å². The molecule has 3 rings (SSSR count). The molecule has 0 bridgehead atoms. The van der Waals surface area contributed by atoms with Gasteiger partial charge in [0.1, 0.15) is 6.04 Å². The highest BCUT2D eigenvalue weighted by Crippen LogP contribution is 2.32. The van der Waals surface area contributed by atoms with Crippen LogP contribution in [0.2, 0.25) is 0 Å². The maximum absolute atomic E-state index is 12.7. The summed E-state index contributed by atoms with van der Waals surface area (Å²) < 4.78 is 0. The second kappa shape index (κ2) is 6.93. The molecule has 0 aromatic heterocycles. The minimum atomic E-state index is -0.885. The van der Waals surface area contributed by atoms with Crippen LogP contribution >= 0.6 is 0 Å². The molecule has 5 nitrogen and oxygen atoms in total. The first-order valence-corrected chi connectivity index (χ1v) is 8.85. The monoisotopic (exact) mass is 330 g/mol. The first kappa shape index (κ1) is 17.0. The van der Waals surface area contributed by atoms with Gasteiger partial charge >= 0.3 is 0 Å². The summed E-state index contributed by atoms with van der Waals surface area (Å²) in [6.45, 7) is 0.620. The van der Waals surface area contributed by atoms with Gasteiger partial charge in [-0.2, -0.15) is 0 Å². The van der Waals surface area contributed by atoms with Crippen molar-refractivity contribution >= 4 is 17.5 Å². The molecule has 2 amide bonds. The molecule has 1 aromatic carbocycles. The SMILES string of the molecule is CN(C(=O)CC1(O)CCCCC1)C1CCN(c2ccccc2)C1=O. The summed E-state index contributed by atoms with van der Waals surface area (Å²) in [5.41, 5.74) is -0.0126. The average molecular weight is 330 g/mol. The van der Waals surface area contributed by atoms with Crippen LogP contribution in [0.5, 0.6) is 0 Å². The van der Waals surface area contributed by atoms with E-state index in [2.05, 4.69) is 0 Å². The van der Waals surface area contributed by atoms with Crippen LogP contribution in [-0.2, 0) is 9.59 Å². The van der Waals surface area contributed by atoms with Gasteiger partial charge in [-0.25, -0.2) is 0 Å². The molecule has 2 aliphatic rings. The minimum Gasteiger partial charge on any atom is -0.389 e. The first-order valence-electron chi connectivity index (χ1n) is 8.85. The minimum absolute atomic E-state index is 0.0346. The van der Waals surface area contributed by atoms with E-state index in [0.29, 0.717) is 25.8 Å². The highest BCUT2D eigenvalue weighted by atomic mass is 16.3. The maximum atomic E-state index is 12.7. The summed E-state index contributed by atoms with van der Waals surface area (Å²) in [6.07, 6.45) is 5.18. The van der Waals surface area contributed by atoms with Crippen LogP contribution < -0.4 is 4.90 Å². The average Bonchev–Trinajstić information content (AvgIpc) is 2.96. The number of anilines is 1. The predicted octanol–water partition coefficient (Wildman–Crippen LogP) is 2.34. The Morgan fingerprint density at radius 1 is 1.25 bits per heavy atom. The van der Waals surface area contributed by atoms with Gasteiger partial charge in [0.25, 0.3) is 0 Å². The number of para-hydroxylation sites is 1. The molecule has 2 fully saturated rings. The quantitative estimate of drug-likeness (QED) is 0.922. The third-order valence-electron chi connectivity index (χ3n) is 5.37. The number of benzene rings is 1. The van der Waals surface area contributed by atoms with Crippen LogP contribution in [0.1, 0.15) is 44.9 Å². The lowest BCUT2D eigenvalue weighted by Crippen LogP contribution is -2.46. The largest absolute Gasteiger partial charge is 0.389 e. The molecule has 1 aromatic rings. The van der Waals surface area contributed by atoms with Crippen molar-refractivity contribution < 1.29 is 14.7 Å². The predicted molar refractivity (Wildman–Crippen MR) is 92.6 cm³/mol. The van der Waals surface area contributed by atoms with E-state index in [-0.39, 0.29) is 18.2 Å². The fraction of sp³-hybridized carbons (Fsp3) is 0.579. The van der Waals surface area contributed by atoms with Gasteiger partial charge in [0.2, 0.25) is 11.8 Å². The number of likely N-dealkylation sites (N-methyl/N-ethyl adjacent to an activating group) is 1. The number of aliphatic hydroxyl groups is 1. The molecule has 0 radical (unpaired) electrons. The van der Waals surface area contributed by atoms with Crippen LogP contribution in [-0.4, -0.2) is 47.1 Å². The van der Waals surface area contributed by atoms with Crippen LogP contribution in [0.3, 0.4) is 0 Å². The maximum Gasteiger partial charge on any atom is 0.249 e. The van der Waals surface area contributed by atoms with E-state index in [4.69, 9.17) is 0 Å². The zero-order valence-electron chi connectivity index (χ0n) is 14.3. The number of hydrogen-bond donors (Lipinski definition) is 1. The zero-order valence-corrected chi connectivity index (χ0v) is 14.3. The van der Waals surface area contributed by atoms with E-state index in [9.17, 15) is 14.7 Å². The molecule has 24 heavy (non-hydrogen) atoms. The molecule has 1 atom stereocenters. The van der Waals surface area contributed by atoms with Crippen molar-refractivity contribution in [2.24, 2.45) is 0 Å². The van der Waals surface area contributed by atoms with E-state index in [0.717, 1.165) is 24.9 Å². The van der Waals surface area contributed by atoms with Gasteiger partial charge in [-0.15, -0.1) is 0 Å². The van der Waals surface area contributed by atoms with E-state index >= 15 is 0 Å². The molecule has 130 valence electrons. The summed E-state index contributed by atoms with van der Waals surface area (Å²) in [4.78, 5) is 28.6. The Kier molecular flexibility index (Phi) is 4.90. The molecule has 0 spiro atoms. The molecule has 1 N–H and O–H groups in total. The van der Waals surface area contributed by atoms with Crippen molar-refractivity contribution in [2.45, 2.75) is 56.6 Å². The highest BCUT2D eigenvalue weighted by molar-refractivity contribution is 6.01. The number of nitrogens with zero attached hydrogens (tertiary/aromatic N) is 2. The van der Waals surface area contributed by atoms with Crippen molar-refractivity contribution in [3.8, 4) is 0 Å². The highest BCUT2D eigenvalue weighted by Gasteiger charge is 2.39. The molecule has 1 aliphatic heterocycles. The van der Waals surface area contributed by atoms with Crippen LogP contribution in [0.25, 0.3) is 0 Å². The Labute approximate surface area is 143 Å². The van der Waals surface area contributed by atoms with Gasteiger partial charge in [0.15, 0.2) is 0 Å². The second-order valence-corrected chi connectivity index (χ2v) is 7.10. The molecule has 1 aliphatic carbocycles. The first-order chi connectivity index (χ1) is 11.5. The summed E-state index contributed by atoms with van der Waals surface area (Å²) in [6, 6.07) is 9.12. The summed E-state index contributed by atoms with van der Waals surface area (Å²) in [7, 11) is 1.69. The Morgan fingerprint density at radius 3 is 2.58 bits per heavy atom. The van der Waals surface area contributed by atoms with E-state index in [1.807, 2.05) is 30.3 Å². The number of rotatable bonds is 4. The molecule has 1 saturated heterocycles. The molecular formula is C19H26N2O3. The van der Waals surface area contributed by atoms with Gasteiger partial charge in [0.05, 0.1) is 12.0 Å². The number of amides is 2. The van der Waals surface area contributed by atoms with Gasteiger partial charge in [-0.3, -0.25) is 9.59 Å². The van der Waals surface area contributed by atoms with E-state index in [1.165, 1.54) is 4.90 Å². The summed E-state index contributed by atoms with van der Waals surface area (Å²) in [5.74, 6) is -0.166. The van der Waals surface area contributed by atoms with Crippen molar-refractivity contribution in [3.05, 3.63) is 30.3 Å². The number of carbonyl (C=O) groups excluding carboxylic acids is 2. The second-order valence-electron chi connectivity index (χ2n) is 7.10. The van der Waals surface area contributed by atoms with Crippen LogP contribution in [0, 0.1) is 0 Å². The number of carbonyl (C=O) groups is 2. The van der Waals surface area contributed by atoms with Crippen molar-refractivity contribution in [2.75, 3.05) is 18.5 Å². The Bertz CT molecular complexity index is 596.